The Balaban J connectivity index is 2.54. The Kier molecular flexibility index (Phi) is 4.11. The van der Waals surface area contributed by atoms with Crippen LogP contribution in [-0.4, -0.2) is 6.36 Å². The van der Waals surface area contributed by atoms with Gasteiger partial charge in [0.25, 0.3) is 6.43 Å². The number of para-hydroxylation sites is 1. The van der Waals surface area contributed by atoms with E-state index < -0.39 is 29.9 Å². The molecule has 0 unspecified atom stereocenters. The molecule has 112 valence electrons. The Morgan fingerprint density at radius 3 is 2.19 bits per heavy atom. The van der Waals surface area contributed by atoms with Crippen LogP contribution in [0.2, 0.25) is 0 Å². The van der Waals surface area contributed by atoms with E-state index in [1.165, 1.54) is 12.1 Å². The first-order valence-electron chi connectivity index (χ1n) is 5.70. The molecule has 2 rings (SSSR count). The van der Waals surface area contributed by atoms with Crippen LogP contribution in [0.4, 0.5) is 26.3 Å². The van der Waals surface area contributed by atoms with Crippen LogP contribution in [-0.2, 0) is 0 Å². The van der Waals surface area contributed by atoms with Crippen LogP contribution >= 0.6 is 0 Å². The molecule has 0 aromatic heterocycles. The topological polar surface area (TPSA) is 9.23 Å². The summed E-state index contributed by atoms with van der Waals surface area (Å²) >= 11 is 0. The van der Waals surface area contributed by atoms with E-state index in [2.05, 4.69) is 4.74 Å². The number of alkyl halides is 5. The highest BCUT2D eigenvalue weighted by atomic mass is 19.4. The monoisotopic (exact) mass is 306 g/mol. The van der Waals surface area contributed by atoms with Crippen molar-refractivity contribution in [1.29, 1.82) is 0 Å². The Morgan fingerprint density at radius 1 is 0.905 bits per heavy atom. The van der Waals surface area contributed by atoms with Crippen molar-refractivity contribution in [3.05, 3.63) is 53.8 Å². The van der Waals surface area contributed by atoms with E-state index in [9.17, 15) is 26.3 Å². The van der Waals surface area contributed by atoms with Crippen LogP contribution in [0, 0.1) is 5.82 Å². The molecule has 0 heterocycles. The highest BCUT2D eigenvalue weighted by molar-refractivity contribution is 5.71. The van der Waals surface area contributed by atoms with Crippen LogP contribution in [0.25, 0.3) is 11.1 Å². The lowest BCUT2D eigenvalue weighted by atomic mass is 10.0. The van der Waals surface area contributed by atoms with Crippen molar-refractivity contribution in [3.8, 4) is 16.9 Å². The molecule has 0 bridgehead atoms. The molecular formula is C14H8F6O. The van der Waals surface area contributed by atoms with E-state index in [-0.39, 0.29) is 11.1 Å². The van der Waals surface area contributed by atoms with Crippen LogP contribution in [0.1, 0.15) is 12.0 Å². The largest absolute Gasteiger partial charge is 0.573 e. The van der Waals surface area contributed by atoms with Gasteiger partial charge in [0.05, 0.1) is 0 Å². The second kappa shape index (κ2) is 5.67. The lowest BCUT2D eigenvalue weighted by molar-refractivity contribution is -0.274. The number of benzene rings is 2. The normalized spacial score (nSPS) is 11.8. The minimum Gasteiger partial charge on any atom is -0.405 e. The minimum absolute atomic E-state index is 0.255. The fourth-order valence-electron chi connectivity index (χ4n) is 1.79. The number of hydrogen-bond acceptors (Lipinski definition) is 1. The van der Waals surface area contributed by atoms with Gasteiger partial charge in [0.1, 0.15) is 11.6 Å². The maximum absolute atomic E-state index is 13.7. The maximum Gasteiger partial charge on any atom is 0.573 e. The molecule has 0 saturated carbocycles. The predicted octanol–water partition coefficient (Wildman–Crippen LogP) is 5.33. The summed E-state index contributed by atoms with van der Waals surface area (Å²) in [6, 6.07) is 7.22. The van der Waals surface area contributed by atoms with Gasteiger partial charge < -0.3 is 4.74 Å². The summed E-state index contributed by atoms with van der Waals surface area (Å²) in [6.45, 7) is 0. The van der Waals surface area contributed by atoms with Gasteiger partial charge >= 0.3 is 6.36 Å². The van der Waals surface area contributed by atoms with Gasteiger partial charge in [0.2, 0.25) is 0 Å². The molecule has 0 fully saturated rings. The second-order valence-electron chi connectivity index (χ2n) is 4.08. The summed E-state index contributed by atoms with van der Waals surface area (Å²) in [5.74, 6) is -1.58. The summed E-state index contributed by atoms with van der Waals surface area (Å²) in [4.78, 5) is 0. The van der Waals surface area contributed by atoms with Gasteiger partial charge in [0.15, 0.2) is 0 Å². The number of ether oxygens (including phenoxy) is 1. The molecule has 2 aromatic carbocycles. The van der Waals surface area contributed by atoms with Crippen molar-refractivity contribution < 1.29 is 31.1 Å². The Bertz CT molecular complexity index is 636. The molecule has 0 aliphatic rings. The molecule has 21 heavy (non-hydrogen) atoms. The molecule has 0 atom stereocenters. The molecule has 2 aromatic rings. The van der Waals surface area contributed by atoms with Crippen molar-refractivity contribution in [2.45, 2.75) is 12.8 Å². The molecule has 0 aliphatic heterocycles. The quantitative estimate of drug-likeness (QED) is 0.696. The minimum atomic E-state index is -4.97. The van der Waals surface area contributed by atoms with Crippen molar-refractivity contribution in [1.82, 2.24) is 0 Å². The fourth-order valence-corrected chi connectivity index (χ4v) is 1.79. The summed E-state index contributed by atoms with van der Waals surface area (Å²) < 4.78 is 79.7. The van der Waals surface area contributed by atoms with Crippen molar-refractivity contribution in [3.63, 3.8) is 0 Å². The first-order valence-corrected chi connectivity index (χ1v) is 5.70. The predicted molar refractivity (Wildman–Crippen MR) is 63.5 cm³/mol. The zero-order valence-corrected chi connectivity index (χ0v) is 10.3. The van der Waals surface area contributed by atoms with Crippen LogP contribution in [0.15, 0.2) is 42.5 Å². The van der Waals surface area contributed by atoms with Gasteiger partial charge in [-0.1, -0.05) is 24.3 Å². The average molecular weight is 306 g/mol. The van der Waals surface area contributed by atoms with Gasteiger partial charge in [-0.15, -0.1) is 13.2 Å². The molecule has 0 spiro atoms. The summed E-state index contributed by atoms with van der Waals surface area (Å²) in [6.07, 6.45) is -7.83. The van der Waals surface area contributed by atoms with E-state index >= 15 is 0 Å². The SMILES string of the molecule is Fc1ccc(C(F)F)cc1-c1ccccc1OC(F)(F)F. The maximum atomic E-state index is 13.7. The van der Waals surface area contributed by atoms with Gasteiger partial charge in [-0.05, 0) is 18.2 Å². The second-order valence-corrected chi connectivity index (χ2v) is 4.08. The Morgan fingerprint density at radius 2 is 1.57 bits per heavy atom. The van der Waals surface area contributed by atoms with Gasteiger partial charge in [-0.25, -0.2) is 13.2 Å². The lowest BCUT2D eigenvalue weighted by Gasteiger charge is -2.14. The van der Waals surface area contributed by atoms with Gasteiger partial charge in [-0.2, -0.15) is 0 Å². The molecule has 0 radical (unpaired) electrons. The lowest BCUT2D eigenvalue weighted by Crippen LogP contribution is -2.17. The first-order chi connectivity index (χ1) is 9.78. The molecular weight excluding hydrogens is 298 g/mol. The zero-order chi connectivity index (χ0) is 15.6. The first kappa shape index (κ1) is 15.2. The highest BCUT2D eigenvalue weighted by Crippen LogP contribution is 2.36. The van der Waals surface area contributed by atoms with Gasteiger partial charge in [-0.3, -0.25) is 0 Å². The van der Waals surface area contributed by atoms with Crippen LogP contribution in [0.5, 0.6) is 5.75 Å². The van der Waals surface area contributed by atoms with Gasteiger partial charge in [0, 0.05) is 16.7 Å². The highest BCUT2D eigenvalue weighted by Gasteiger charge is 2.32. The third kappa shape index (κ3) is 3.68. The van der Waals surface area contributed by atoms with Crippen molar-refractivity contribution in [2.24, 2.45) is 0 Å². The van der Waals surface area contributed by atoms with Crippen molar-refractivity contribution >= 4 is 0 Å². The summed E-state index contributed by atoms with van der Waals surface area (Å²) in [5.41, 5.74) is -1.13. The van der Waals surface area contributed by atoms with E-state index in [1.807, 2.05) is 0 Å². The molecule has 0 amide bonds. The van der Waals surface area contributed by atoms with Crippen LogP contribution in [0.3, 0.4) is 0 Å². The molecule has 0 N–H and O–H groups in total. The zero-order valence-electron chi connectivity index (χ0n) is 10.3. The molecule has 1 nitrogen and oxygen atoms in total. The molecule has 0 saturated heterocycles. The fraction of sp³-hybridized carbons (Fsp3) is 0.143. The Hall–Kier alpha value is -2.18. The van der Waals surface area contributed by atoms with Crippen LogP contribution < -0.4 is 4.74 Å². The standard InChI is InChI=1S/C14H8F6O/c15-11-6-5-8(13(16)17)7-10(11)9-3-1-2-4-12(9)21-14(18,19)20/h1-7,13H. The number of rotatable bonds is 3. The van der Waals surface area contributed by atoms with E-state index in [1.54, 1.807) is 0 Å². The number of halogens is 6. The van der Waals surface area contributed by atoms with Crippen molar-refractivity contribution in [2.75, 3.05) is 0 Å². The smallest absolute Gasteiger partial charge is 0.405 e. The van der Waals surface area contributed by atoms with E-state index in [4.69, 9.17) is 0 Å². The third-order valence-electron chi connectivity index (χ3n) is 2.65. The summed E-state index contributed by atoms with van der Waals surface area (Å²) in [5, 5.41) is 0. The molecule has 0 aliphatic carbocycles. The van der Waals surface area contributed by atoms with E-state index in [0.717, 1.165) is 30.3 Å². The number of hydrogen-bond donors (Lipinski definition) is 0. The molecule has 7 heteroatoms. The van der Waals surface area contributed by atoms with E-state index in [0.29, 0.717) is 0 Å². The summed E-state index contributed by atoms with van der Waals surface area (Å²) in [7, 11) is 0. The third-order valence-corrected chi connectivity index (χ3v) is 2.65. The average Bonchev–Trinajstić information content (AvgIpc) is 2.38. The Labute approximate surface area is 115 Å².